The van der Waals surface area contributed by atoms with Crippen LogP contribution in [-0.4, -0.2) is 51.9 Å². The summed E-state index contributed by atoms with van der Waals surface area (Å²) in [5.41, 5.74) is 1.07. The molecule has 3 heterocycles. The highest BCUT2D eigenvalue weighted by atomic mass is 16.2. The number of nitrogens with zero attached hydrogens (tertiary/aromatic N) is 4. The van der Waals surface area contributed by atoms with E-state index in [1.165, 1.54) is 0 Å². The van der Waals surface area contributed by atoms with Gasteiger partial charge in [0, 0.05) is 30.7 Å². The number of hydrogen-bond acceptors (Lipinski definition) is 4. The minimum Gasteiger partial charge on any atom is -0.335 e. The van der Waals surface area contributed by atoms with Crippen molar-refractivity contribution in [2.45, 2.75) is 32.4 Å². The lowest BCUT2D eigenvalue weighted by Crippen LogP contribution is -2.44. The molecule has 7 nitrogen and oxygen atoms in total. The molecule has 1 saturated heterocycles. The Morgan fingerprint density at radius 3 is 2.88 bits per heavy atom. The van der Waals surface area contributed by atoms with Crippen LogP contribution in [0.4, 0.5) is 10.6 Å². The van der Waals surface area contributed by atoms with Gasteiger partial charge in [-0.3, -0.25) is 15.0 Å². The number of carbonyl (C=O) groups excluding carboxylic acids is 1. The highest BCUT2D eigenvalue weighted by Gasteiger charge is 2.23. The second kappa shape index (κ2) is 8.11. The third-order valence-corrected chi connectivity index (χ3v) is 4.78. The monoisotopic (exact) mass is 342 g/mol. The highest BCUT2D eigenvalue weighted by molar-refractivity contribution is 5.88. The third kappa shape index (κ3) is 5.03. The molecule has 25 heavy (non-hydrogen) atoms. The molecule has 1 aliphatic heterocycles. The zero-order chi connectivity index (χ0) is 17.6. The van der Waals surface area contributed by atoms with Gasteiger partial charge in [-0.25, -0.2) is 4.79 Å². The van der Waals surface area contributed by atoms with E-state index >= 15 is 0 Å². The molecular formula is C18H26N6O. The number of anilines is 1. The molecule has 0 unspecified atom stereocenters. The molecule has 2 N–H and O–H groups in total. The van der Waals surface area contributed by atoms with Crippen molar-refractivity contribution in [1.82, 2.24) is 25.0 Å². The molecule has 0 saturated carbocycles. The Hall–Kier alpha value is -2.41. The van der Waals surface area contributed by atoms with Gasteiger partial charge in [-0.2, -0.15) is 5.10 Å². The minimum absolute atomic E-state index is 0.158. The summed E-state index contributed by atoms with van der Waals surface area (Å²) < 4.78 is 1.78. The van der Waals surface area contributed by atoms with E-state index in [0.29, 0.717) is 18.3 Å². The van der Waals surface area contributed by atoms with Gasteiger partial charge < -0.3 is 10.2 Å². The Morgan fingerprint density at radius 2 is 2.16 bits per heavy atom. The van der Waals surface area contributed by atoms with Crippen molar-refractivity contribution < 1.29 is 4.79 Å². The molecule has 2 aromatic rings. The van der Waals surface area contributed by atoms with Crippen molar-refractivity contribution in [1.29, 1.82) is 0 Å². The summed E-state index contributed by atoms with van der Waals surface area (Å²) in [6, 6.07) is 5.66. The SMILES string of the molecule is C[C@@H](NC(=O)Nc1ccn(Cc2cccnc2)n1)C1CCN(C)CC1. The Balaban J connectivity index is 1.48. The summed E-state index contributed by atoms with van der Waals surface area (Å²) in [6.45, 7) is 4.90. The lowest BCUT2D eigenvalue weighted by molar-refractivity contribution is 0.189. The molecule has 1 atom stereocenters. The van der Waals surface area contributed by atoms with Gasteiger partial charge in [0.05, 0.1) is 6.54 Å². The zero-order valence-corrected chi connectivity index (χ0v) is 14.9. The van der Waals surface area contributed by atoms with E-state index in [0.717, 1.165) is 31.5 Å². The average Bonchev–Trinajstić information content (AvgIpc) is 3.03. The fraction of sp³-hybridized carbons (Fsp3) is 0.500. The van der Waals surface area contributed by atoms with E-state index < -0.39 is 0 Å². The standard InChI is InChI=1S/C18H26N6O/c1-14(16-5-9-23(2)10-6-16)20-18(25)21-17-7-11-24(22-17)13-15-4-3-8-19-12-15/h3-4,7-8,11-12,14,16H,5-6,9-10,13H2,1-2H3,(H2,20,21,22,25)/t14-/m1/s1. The fourth-order valence-corrected chi connectivity index (χ4v) is 3.20. The van der Waals surface area contributed by atoms with E-state index in [9.17, 15) is 4.79 Å². The summed E-state index contributed by atoms with van der Waals surface area (Å²) in [6.07, 6.45) is 7.65. The van der Waals surface area contributed by atoms with Gasteiger partial charge in [0.25, 0.3) is 0 Å². The van der Waals surface area contributed by atoms with Gasteiger partial charge in [0.1, 0.15) is 0 Å². The van der Waals surface area contributed by atoms with Gasteiger partial charge >= 0.3 is 6.03 Å². The zero-order valence-electron chi connectivity index (χ0n) is 14.9. The average molecular weight is 342 g/mol. The Kier molecular flexibility index (Phi) is 5.65. The van der Waals surface area contributed by atoms with Crippen LogP contribution in [-0.2, 0) is 6.54 Å². The Labute approximate surface area is 148 Å². The van der Waals surface area contributed by atoms with E-state index in [1.54, 1.807) is 16.9 Å². The van der Waals surface area contributed by atoms with E-state index in [2.05, 4.69) is 39.6 Å². The maximum absolute atomic E-state index is 12.2. The van der Waals surface area contributed by atoms with Crippen LogP contribution in [0, 0.1) is 5.92 Å². The van der Waals surface area contributed by atoms with Crippen LogP contribution in [0.2, 0.25) is 0 Å². The van der Waals surface area contributed by atoms with Gasteiger partial charge in [0.2, 0.25) is 0 Å². The molecule has 2 amide bonds. The van der Waals surface area contributed by atoms with Crippen molar-refractivity contribution in [3.63, 3.8) is 0 Å². The minimum atomic E-state index is -0.196. The van der Waals surface area contributed by atoms with Crippen molar-refractivity contribution in [2.75, 3.05) is 25.5 Å². The fourth-order valence-electron chi connectivity index (χ4n) is 3.20. The van der Waals surface area contributed by atoms with Crippen LogP contribution in [0.25, 0.3) is 0 Å². The van der Waals surface area contributed by atoms with Crippen LogP contribution >= 0.6 is 0 Å². The summed E-state index contributed by atoms with van der Waals surface area (Å²) in [7, 11) is 2.14. The van der Waals surface area contributed by atoms with E-state index in [1.807, 2.05) is 24.5 Å². The number of rotatable bonds is 5. The molecule has 134 valence electrons. The molecule has 0 spiro atoms. The van der Waals surface area contributed by atoms with E-state index in [4.69, 9.17) is 0 Å². The van der Waals surface area contributed by atoms with Crippen molar-refractivity contribution in [3.8, 4) is 0 Å². The molecule has 0 radical (unpaired) electrons. The predicted octanol–water partition coefficient (Wildman–Crippen LogP) is 2.18. The molecule has 3 rings (SSSR count). The number of pyridine rings is 1. The first kappa shape index (κ1) is 17.4. The third-order valence-electron chi connectivity index (χ3n) is 4.78. The molecule has 1 aliphatic rings. The van der Waals surface area contributed by atoms with Crippen molar-refractivity contribution in [3.05, 3.63) is 42.4 Å². The topological polar surface area (TPSA) is 75.1 Å². The van der Waals surface area contributed by atoms with Crippen LogP contribution in [0.15, 0.2) is 36.8 Å². The predicted molar refractivity (Wildman–Crippen MR) is 97.4 cm³/mol. The smallest absolute Gasteiger partial charge is 0.320 e. The Morgan fingerprint density at radius 1 is 1.36 bits per heavy atom. The van der Waals surface area contributed by atoms with Crippen LogP contribution in [0.1, 0.15) is 25.3 Å². The molecule has 2 aromatic heterocycles. The van der Waals surface area contributed by atoms with Gasteiger partial charge in [-0.1, -0.05) is 6.07 Å². The van der Waals surface area contributed by atoms with Gasteiger partial charge in [0.15, 0.2) is 5.82 Å². The first-order chi connectivity index (χ1) is 12.1. The molecule has 1 fully saturated rings. The number of likely N-dealkylation sites (tertiary alicyclic amines) is 1. The van der Waals surface area contributed by atoms with Crippen LogP contribution < -0.4 is 10.6 Å². The number of nitrogens with one attached hydrogen (secondary N) is 2. The second-order valence-corrected chi connectivity index (χ2v) is 6.79. The molecule has 7 heteroatoms. The summed E-state index contributed by atoms with van der Waals surface area (Å²) in [5.74, 6) is 1.09. The number of carbonyl (C=O) groups is 1. The summed E-state index contributed by atoms with van der Waals surface area (Å²) in [5, 5.41) is 10.2. The number of urea groups is 1. The van der Waals surface area contributed by atoms with E-state index in [-0.39, 0.29) is 12.1 Å². The Bertz CT molecular complexity index is 678. The van der Waals surface area contributed by atoms with Crippen LogP contribution in [0.5, 0.6) is 0 Å². The number of hydrogen-bond donors (Lipinski definition) is 2. The quantitative estimate of drug-likeness (QED) is 0.873. The largest absolute Gasteiger partial charge is 0.335 e. The number of aromatic nitrogens is 3. The van der Waals surface area contributed by atoms with Crippen LogP contribution in [0.3, 0.4) is 0 Å². The molecule has 0 aliphatic carbocycles. The second-order valence-electron chi connectivity index (χ2n) is 6.79. The first-order valence-corrected chi connectivity index (χ1v) is 8.78. The van der Waals surface area contributed by atoms with Gasteiger partial charge in [-0.15, -0.1) is 0 Å². The highest BCUT2D eigenvalue weighted by Crippen LogP contribution is 2.19. The van der Waals surface area contributed by atoms with Crippen molar-refractivity contribution in [2.24, 2.45) is 5.92 Å². The molecule has 0 aromatic carbocycles. The summed E-state index contributed by atoms with van der Waals surface area (Å²) in [4.78, 5) is 18.6. The lowest BCUT2D eigenvalue weighted by atomic mass is 9.91. The lowest BCUT2D eigenvalue weighted by Gasteiger charge is -2.32. The van der Waals surface area contributed by atoms with Gasteiger partial charge in [-0.05, 0) is 57.5 Å². The number of piperidine rings is 1. The first-order valence-electron chi connectivity index (χ1n) is 8.78. The molecule has 0 bridgehead atoms. The number of amides is 2. The summed E-state index contributed by atoms with van der Waals surface area (Å²) >= 11 is 0. The van der Waals surface area contributed by atoms with Crippen molar-refractivity contribution >= 4 is 11.8 Å². The normalized spacial score (nSPS) is 17.2. The molecular weight excluding hydrogens is 316 g/mol. The maximum atomic E-state index is 12.2. The maximum Gasteiger partial charge on any atom is 0.320 e.